The second-order valence-corrected chi connectivity index (χ2v) is 9.97. The van der Waals surface area contributed by atoms with Gasteiger partial charge in [0.15, 0.2) is 13.2 Å². The van der Waals surface area contributed by atoms with Crippen molar-refractivity contribution in [2.24, 2.45) is 0 Å². The number of benzene rings is 2. The first-order chi connectivity index (χ1) is 15.0. The van der Waals surface area contributed by atoms with Crippen LogP contribution in [-0.2, 0) is 9.59 Å². The van der Waals surface area contributed by atoms with Crippen LogP contribution >= 0.6 is 31.9 Å². The van der Waals surface area contributed by atoms with Gasteiger partial charge in [-0.15, -0.1) is 0 Å². The van der Waals surface area contributed by atoms with Crippen molar-refractivity contribution in [3.63, 3.8) is 0 Å². The Kier molecular flexibility index (Phi) is 9.58. The quantitative estimate of drug-likeness (QED) is 0.401. The minimum atomic E-state index is -0.462. The molecule has 2 aromatic carbocycles. The van der Waals surface area contributed by atoms with Crippen LogP contribution in [-0.4, -0.2) is 25.0 Å². The summed E-state index contributed by atoms with van der Waals surface area (Å²) in [5.41, 5.74) is 8.75. The number of carbonyl (C=O) groups is 2. The third-order valence-electron chi connectivity index (χ3n) is 4.89. The van der Waals surface area contributed by atoms with E-state index in [1.807, 2.05) is 38.1 Å². The number of hydrazine groups is 1. The van der Waals surface area contributed by atoms with Crippen molar-refractivity contribution in [2.45, 2.75) is 53.4 Å². The van der Waals surface area contributed by atoms with Crippen molar-refractivity contribution < 1.29 is 19.1 Å². The fourth-order valence-electron chi connectivity index (χ4n) is 2.99. The summed E-state index contributed by atoms with van der Waals surface area (Å²) in [6, 6.07) is 7.79. The zero-order valence-electron chi connectivity index (χ0n) is 19.3. The van der Waals surface area contributed by atoms with Gasteiger partial charge in [0.05, 0.1) is 0 Å². The van der Waals surface area contributed by atoms with Crippen LogP contribution in [0.3, 0.4) is 0 Å². The Morgan fingerprint density at radius 3 is 1.41 bits per heavy atom. The molecular weight excluding hydrogens is 540 g/mol. The van der Waals surface area contributed by atoms with Gasteiger partial charge in [-0.1, -0.05) is 59.6 Å². The van der Waals surface area contributed by atoms with Crippen LogP contribution < -0.4 is 20.3 Å². The van der Waals surface area contributed by atoms with Crippen molar-refractivity contribution >= 4 is 43.7 Å². The molecule has 2 N–H and O–H groups in total. The molecule has 0 fully saturated rings. The van der Waals surface area contributed by atoms with Gasteiger partial charge in [-0.05, 0) is 72.2 Å². The topological polar surface area (TPSA) is 76.7 Å². The van der Waals surface area contributed by atoms with Crippen molar-refractivity contribution in [3.05, 3.63) is 55.5 Å². The van der Waals surface area contributed by atoms with E-state index in [2.05, 4.69) is 70.4 Å². The molecule has 0 unspecified atom stereocenters. The van der Waals surface area contributed by atoms with Crippen molar-refractivity contribution in [3.8, 4) is 11.5 Å². The summed E-state index contributed by atoms with van der Waals surface area (Å²) >= 11 is 7.05. The molecule has 6 nitrogen and oxygen atoms in total. The Balaban J connectivity index is 1.88. The summed E-state index contributed by atoms with van der Waals surface area (Å²) in [5.74, 6) is 0.848. The number of amides is 2. The standard InChI is InChI=1S/C24H30Br2N2O4/c1-13(2)17-9-19(25)15(5)7-21(17)31-11-23(29)27-28-24(30)12-32-22-8-16(6)20(26)10-18(22)14(3)4/h7-10,13-14H,11-12H2,1-6H3,(H,27,29)(H,28,30). The predicted octanol–water partition coefficient (Wildman–Crippen LogP) is 5.68. The molecule has 0 bridgehead atoms. The molecule has 0 aliphatic rings. The molecule has 2 amide bonds. The molecule has 0 radical (unpaired) electrons. The highest BCUT2D eigenvalue weighted by Gasteiger charge is 2.15. The van der Waals surface area contributed by atoms with E-state index in [0.717, 1.165) is 31.2 Å². The van der Waals surface area contributed by atoms with E-state index >= 15 is 0 Å². The third kappa shape index (κ3) is 7.24. The molecule has 2 aromatic rings. The molecule has 0 saturated carbocycles. The summed E-state index contributed by atoms with van der Waals surface area (Å²) in [4.78, 5) is 24.3. The predicted molar refractivity (Wildman–Crippen MR) is 133 cm³/mol. The zero-order valence-corrected chi connectivity index (χ0v) is 22.4. The molecule has 8 heteroatoms. The average molecular weight is 570 g/mol. The van der Waals surface area contributed by atoms with Gasteiger partial charge in [-0.2, -0.15) is 0 Å². The van der Waals surface area contributed by atoms with Gasteiger partial charge >= 0.3 is 0 Å². The minimum absolute atomic E-state index is 0.217. The number of nitrogens with one attached hydrogen (secondary N) is 2. The smallest absolute Gasteiger partial charge is 0.276 e. The highest BCUT2D eigenvalue weighted by atomic mass is 79.9. The Bertz CT molecular complexity index is 911. The van der Waals surface area contributed by atoms with E-state index in [1.54, 1.807) is 0 Å². The van der Waals surface area contributed by atoms with Gasteiger partial charge in [0, 0.05) is 8.95 Å². The normalized spacial score (nSPS) is 10.9. The maximum Gasteiger partial charge on any atom is 0.276 e. The van der Waals surface area contributed by atoms with Crippen LogP contribution in [0.2, 0.25) is 0 Å². The van der Waals surface area contributed by atoms with Gasteiger partial charge in [-0.25, -0.2) is 0 Å². The summed E-state index contributed by atoms with van der Waals surface area (Å²) in [5, 5.41) is 0. The summed E-state index contributed by atoms with van der Waals surface area (Å²) < 4.78 is 13.4. The van der Waals surface area contributed by atoms with Crippen molar-refractivity contribution in [1.82, 2.24) is 10.9 Å². The molecule has 0 heterocycles. The van der Waals surface area contributed by atoms with E-state index in [9.17, 15) is 9.59 Å². The van der Waals surface area contributed by atoms with E-state index in [0.29, 0.717) is 11.5 Å². The van der Waals surface area contributed by atoms with Crippen LogP contribution in [0.5, 0.6) is 11.5 Å². The van der Waals surface area contributed by atoms with Gasteiger partial charge < -0.3 is 9.47 Å². The van der Waals surface area contributed by atoms with Gasteiger partial charge in [-0.3, -0.25) is 20.4 Å². The molecule has 0 aliphatic carbocycles. The molecule has 2 rings (SSSR count). The number of carbonyl (C=O) groups excluding carboxylic acids is 2. The molecule has 0 saturated heterocycles. The fourth-order valence-corrected chi connectivity index (χ4v) is 3.71. The van der Waals surface area contributed by atoms with Crippen LogP contribution in [0.4, 0.5) is 0 Å². The largest absolute Gasteiger partial charge is 0.483 e. The van der Waals surface area contributed by atoms with Crippen LogP contribution in [0.25, 0.3) is 0 Å². The number of hydrogen-bond acceptors (Lipinski definition) is 4. The lowest BCUT2D eigenvalue weighted by atomic mass is 10.0. The lowest BCUT2D eigenvalue weighted by Crippen LogP contribution is -2.45. The minimum Gasteiger partial charge on any atom is -0.483 e. The molecule has 0 aliphatic heterocycles. The molecular formula is C24H30Br2N2O4. The number of halogens is 2. The number of aryl methyl sites for hydroxylation is 2. The Morgan fingerprint density at radius 1 is 0.750 bits per heavy atom. The first-order valence-corrected chi connectivity index (χ1v) is 12.0. The second-order valence-electron chi connectivity index (χ2n) is 8.26. The van der Waals surface area contributed by atoms with E-state index in [4.69, 9.17) is 9.47 Å². The SMILES string of the molecule is Cc1cc(OCC(=O)NNC(=O)COc2cc(C)c(Br)cc2C(C)C)c(C(C)C)cc1Br. The molecule has 0 aromatic heterocycles. The highest BCUT2D eigenvalue weighted by Crippen LogP contribution is 2.33. The van der Waals surface area contributed by atoms with Gasteiger partial charge in [0.2, 0.25) is 0 Å². The summed E-state index contributed by atoms with van der Waals surface area (Å²) in [7, 11) is 0. The van der Waals surface area contributed by atoms with E-state index < -0.39 is 11.8 Å². The lowest BCUT2D eigenvalue weighted by molar-refractivity contribution is -0.131. The zero-order chi connectivity index (χ0) is 24.0. The van der Waals surface area contributed by atoms with Crippen molar-refractivity contribution in [2.75, 3.05) is 13.2 Å². The summed E-state index contributed by atoms with van der Waals surface area (Å²) in [6.07, 6.45) is 0. The van der Waals surface area contributed by atoms with Crippen LogP contribution in [0.15, 0.2) is 33.2 Å². The highest BCUT2D eigenvalue weighted by molar-refractivity contribution is 9.10. The van der Waals surface area contributed by atoms with Crippen LogP contribution in [0.1, 0.15) is 61.8 Å². The Labute approximate surface area is 206 Å². The fraction of sp³-hybridized carbons (Fsp3) is 0.417. The van der Waals surface area contributed by atoms with Gasteiger partial charge in [0.25, 0.3) is 11.8 Å². The Hall–Kier alpha value is -2.06. The number of ether oxygens (including phenoxy) is 2. The lowest BCUT2D eigenvalue weighted by Gasteiger charge is -2.17. The molecule has 0 atom stereocenters. The number of rotatable bonds is 8. The first kappa shape index (κ1) is 26.2. The first-order valence-electron chi connectivity index (χ1n) is 10.4. The summed E-state index contributed by atoms with van der Waals surface area (Å²) in [6.45, 7) is 11.7. The Morgan fingerprint density at radius 2 is 1.09 bits per heavy atom. The third-order valence-corrected chi connectivity index (χ3v) is 6.59. The van der Waals surface area contributed by atoms with E-state index in [1.165, 1.54) is 0 Å². The van der Waals surface area contributed by atoms with Crippen molar-refractivity contribution in [1.29, 1.82) is 0 Å². The maximum absolute atomic E-state index is 12.1. The monoisotopic (exact) mass is 568 g/mol. The molecule has 0 spiro atoms. The molecule has 174 valence electrons. The van der Waals surface area contributed by atoms with Crippen LogP contribution in [0, 0.1) is 13.8 Å². The second kappa shape index (κ2) is 11.7. The number of hydrogen-bond donors (Lipinski definition) is 2. The maximum atomic E-state index is 12.1. The van der Waals surface area contributed by atoms with Gasteiger partial charge in [0.1, 0.15) is 11.5 Å². The average Bonchev–Trinajstić information content (AvgIpc) is 2.72. The molecule has 32 heavy (non-hydrogen) atoms. The van der Waals surface area contributed by atoms with E-state index in [-0.39, 0.29) is 25.0 Å².